The molecule has 0 aromatic rings. The Morgan fingerprint density at radius 3 is 0.933 bits per heavy atom. The van der Waals surface area contributed by atoms with Gasteiger partial charge in [0.25, 0.3) is 0 Å². The highest BCUT2D eigenvalue weighted by atomic mass is 16.2. The number of aliphatic hydroxyl groups is 1. The maximum atomic E-state index is 8.07. The summed E-state index contributed by atoms with van der Waals surface area (Å²) in [5.41, 5.74) is 0. The molecular formula is C14H36O. The molecule has 0 aliphatic rings. The fourth-order valence-electron chi connectivity index (χ4n) is 0.658. The molecule has 0 aromatic carbocycles. The van der Waals surface area contributed by atoms with Gasteiger partial charge in [0.2, 0.25) is 0 Å². The number of hydrogen-bond donors (Lipinski definition) is 1. The summed E-state index contributed by atoms with van der Waals surface area (Å²) in [6, 6.07) is 0. The Morgan fingerprint density at radius 2 is 0.867 bits per heavy atom. The average molecular weight is 220 g/mol. The van der Waals surface area contributed by atoms with Crippen LogP contribution in [0.1, 0.15) is 87.0 Å². The van der Waals surface area contributed by atoms with Crippen LogP contribution in [-0.2, 0) is 0 Å². The first-order chi connectivity index (χ1) is 7.33. The van der Waals surface area contributed by atoms with Gasteiger partial charge in [-0.1, -0.05) is 80.6 Å². The van der Waals surface area contributed by atoms with Crippen molar-refractivity contribution in [2.75, 3.05) is 6.61 Å². The Bertz CT molecular complexity index is 38.6. The predicted molar refractivity (Wildman–Crippen MR) is 74.5 cm³/mol. The number of rotatable bonds is 5. The van der Waals surface area contributed by atoms with Crippen LogP contribution in [0.25, 0.3) is 0 Å². The lowest BCUT2D eigenvalue weighted by molar-refractivity contribution is 0.287. The first kappa shape index (κ1) is 24.3. The van der Waals surface area contributed by atoms with E-state index in [1.54, 1.807) is 0 Å². The van der Waals surface area contributed by atoms with Gasteiger partial charge in [-0.2, -0.15) is 0 Å². The molecule has 0 rings (SSSR count). The van der Waals surface area contributed by atoms with Gasteiger partial charge < -0.3 is 5.11 Å². The second-order valence-electron chi connectivity index (χ2n) is 2.78. The van der Waals surface area contributed by atoms with Crippen molar-refractivity contribution in [2.45, 2.75) is 87.0 Å². The van der Waals surface area contributed by atoms with Crippen LogP contribution in [0, 0.1) is 0 Å². The first-order valence-electron chi connectivity index (χ1n) is 6.94. The highest BCUT2D eigenvalue weighted by molar-refractivity contribution is 4.31. The molecule has 0 spiro atoms. The largest absolute Gasteiger partial charge is 0.396 e. The Kier molecular flexibility index (Phi) is 78.3. The summed E-state index contributed by atoms with van der Waals surface area (Å²) in [4.78, 5) is 0. The maximum Gasteiger partial charge on any atom is 0.0430 e. The molecule has 0 amide bonds. The zero-order chi connectivity index (χ0) is 12.9. The highest BCUT2D eigenvalue weighted by Gasteiger charge is 1.75. The topological polar surface area (TPSA) is 20.2 Å². The SMILES string of the molecule is CC.CC.CCCCCC.CCCCO. The molecule has 0 atom stereocenters. The van der Waals surface area contributed by atoms with Gasteiger partial charge in [-0.05, 0) is 6.42 Å². The van der Waals surface area contributed by atoms with E-state index >= 15 is 0 Å². The Labute approximate surface area is 99.3 Å². The quantitative estimate of drug-likeness (QED) is 0.614. The fraction of sp³-hybridized carbons (Fsp3) is 1.00. The number of aliphatic hydroxyl groups excluding tert-OH is 1. The van der Waals surface area contributed by atoms with Crippen molar-refractivity contribution >= 4 is 0 Å². The van der Waals surface area contributed by atoms with Crippen LogP contribution in [0.4, 0.5) is 0 Å². The molecular weight excluding hydrogens is 184 g/mol. The lowest BCUT2D eigenvalue weighted by atomic mass is 10.2. The number of unbranched alkanes of at least 4 members (excludes halogenated alkanes) is 4. The molecule has 1 N–H and O–H groups in total. The Hall–Kier alpha value is -0.0400. The van der Waals surface area contributed by atoms with Gasteiger partial charge in [0.05, 0.1) is 0 Å². The third-order valence-corrected chi connectivity index (χ3v) is 1.47. The van der Waals surface area contributed by atoms with Crippen LogP contribution in [-0.4, -0.2) is 11.7 Å². The van der Waals surface area contributed by atoms with E-state index in [0.29, 0.717) is 6.61 Å². The van der Waals surface area contributed by atoms with Crippen molar-refractivity contribution in [3.05, 3.63) is 0 Å². The minimum atomic E-state index is 0.344. The third-order valence-electron chi connectivity index (χ3n) is 1.47. The van der Waals surface area contributed by atoms with Crippen LogP contribution in [0.15, 0.2) is 0 Å². The van der Waals surface area contributed by atoms with E-state index in [0.717, 1.165) is 12.8 Å². The van der Waals surface area contributed by atoms with Crippen molar-refractivity contribution in [1.29, 1.82) is 0 Å². The van der Waals surface area contributed by atoms with Gasteiger partial charge >= 0.3 is 0 Å². The van der Waals surface area contributed by atoms with Crippen molar-refractivity contribution in [3.8, 4) is 0 Å². The molecule has 15 heavy (non-hydrogen) atoms. The van der Waals surface area contributed by atoms with Gasteiger partial charge in [-0.15, -0.1) is 0 Å². The van der Waals surface area contributed by atoms with Gasteiger partial charge in [0.15, 0.2) is 0 Å². The molecule has 0 unspecified atom stereocenters. The van der Waals surface area contributed by atoms with E-state index in [9.17, 15) is 0 Å². The molecule has 0 aliphatic heterocycles. The van der Waals surface area contributed by atoms with E-state index in [1.165, 1.54) is 25.7 Å². The summed E-state index contributed by atoms with van der Waals surface area (Å²) < 4.78 is 0. The molecule has 0 fully saturated rings. The fourth-order valence-corrected chi connectivity index (χ4v) is 0.658. The Morgan fingerprint density at radius 1 is 0.600 bits per heavy atom. The second kappa shape index (κ2) is 48.4. The van der Waals surface area contributed by atoms with E-state index in [1.807, 2.05) is 27.7 Å². The van der Waals surface area contributed by atoms with Crippen LogP contribution in [0.3, 0.4) is 0 Å². The lowest BCUT2D eigenvalue weighted by Gasteiger charge is -1.86. The normalized spacial score (nSPS) is 7.20. The van der Waals surface area contributed by atoms with Gasteiger partial charge in [-0.3, -0.25) is 0 Å². The minimum absolute atomic E-state index is 0.344. The molecule has 1 heteroatoms. The summed E-state index contributed by atoms with van der Waals surface area (Å²) in [7, 11) is 0. The molecule has 0 bridgehead atoms. The Balaban J connectivity index is -0.0000000610. The molecule has 0 saturated carbocycles. The van der Waals surface area contributed by atoms with Gasteiger partial charge in [0.1, 0.15) is 0 Å². The minimum Gasteiger partial charge on any atom is -0.396 e. The molecule has 0 aromatic heterocycles. The highest BCUT2D eigenvalue weighted by Crippen LogP contribution is 1.95. The van der Waals surface area contributed by atoms with E-state index in [4.69, 9.17) is 5.11 Å². The molecule has 98 valence electrons. The zero-order valence-corrected chi connectivity index (χ0v) is 12.4. The molecule has 0 radical (unpaired) electrons. The summed E-state index contributed by atoms with van der Waals surface area (Å²) >= 11 is 0. The van der Waals surface area contributed by atoms with E-state index in [2.05, 4.69) is 20.8 Å². The van der Waals surface area contributed by atoms with Gasteiger partial charge in [0, 0.05) is 6.61 Å². The van der Waals surface area contributed by atoms with Gasteiger partial charge in [-0.25, -0.2) is 0 Å². The maximum absolute atomic E-state index is 8.07. The van der Waals surface area contributed by atoms with Crippen molar-refractivity contribution < 1.29 is 5.11 Å². The van der Waals surface area contributed by atoms with Crippen LogP contribution in [0.2, 0.25) is 0 Å². The predicted octanol–water partition coefficient (Wildman–Crippen LogP) is 5.42. The van der Waals surface area contributed by atoms with Crippen LogP contribution >= 0.6 is 0 Å². The lowest BCUT2D eigenvalue weighted by Crippen LogP contribution is -1.75. The van der Waals surface area contributed by atoms with Crippen LogP contribution in [0.5, 0.6) is 0 Å². The molecule has 0 saturated heterocycles. The van der Waals surface area contributed by atoms with E-state index in [-0.39, 0.29) is 0 Å². The van der Waals surface area contributed by atoms with Crippen molar-refractivity contribution in [3.63, 3.8) is 0 Å². The number of hydrogen-bond acceptors (Lipinski definition) is 1. The second-order valence-corrected chi connectivity index (χ2v) is 2.78. The van der Waals surface area contributed by atoms with Crippen LogP contribution < -0.4 is 0 Å². The monoisotopic (exact) mass is 220 g/mol. The van der Waals surface area contributed by atoms with E-state index < -0.39 is 0 Å². The third kappa shape index (κ3) is 81.2. The molecule has 1 nitrogen and oxygen atoms in total. The molecule has 0 aliphatic carbocycles. The summed E-state index contributed by atoms with van der Waals surface area (Å²) in [5.74, 6) is 0. The smallest absolute Gasteiger partial charge is 0.0430 e. The summed E-state index contributed by atoms with van der Waals surface area (Å²) in [6.45, 7) is 14.9. The van der Waals surface area contributed by atoms with Crippen molar-refractivity contribution in [1.82, 2.24) is 0 Å². The summed E-state index contributed by atoms with van der Waals surface area (Å²) in [6.07, 6.45) is 7.57. The standard InChI is InChI=1S/C6H14.C4H10O.2C2H6/c1-3-5-6-4-2;1-2-3-4-5;2*1-2/h3-6H2,1-2H3;5H,2-4H2,1H3;2*1-2H3. The average Bonchev–Trinajstić information content (AvgIpc) is 2.33. The first-order valence-corrected chi connectivity index (χ1v) is 6.94. The molecule has 0 heterocycles. The summed E-state index contributed by atoms with van der Waals surface area (Å²) in [5, 5.41) is 8.07. The van der Waals surface area contributed by atoms with Crippen molar-refractivity contribution in [2.24, 2.45) is 0 Å². The zero-order valence-electron chi connectivity index (χ0n) is 12.4.